The number of nitrogens with one attached hydrogen (secondary N) is 1. The first-order chi connectivity index (χ1) is 10.3. The maximum atomic E-state index is 5.51. The number of benzene rings is 1. The summed E-state index contributed by atoms with van der Waals surface area (Å²) in [5.41, 5.74) is 2.28. The van der Waals surface area contributed by atoms with Crippen LogP contribution in [0.15, 0.2) is 35.7 Å². The van der Waals surface area contributed by atoms with Gasteiger partial charge in [-0.05, 0) is 26.8 Å². The molecule has 2 rings (SSSR count). The van der Waals surface area contributed by atoms with Crippen molar-refractivity contribution < 1.29 is 4.74 Å². The molecule has 1 aromatic carbocycles. The summed E-state index contributed by atoms with van der Waals surface area (Å²) in [7, 11) is 0. The van der Waals surface area contributed by atoms with E-state index in [1.165, 1.54) is 10.6 Å². The van der Waals surface area contributed by atoms with Crippen LogP contribution in [0.1, 0.15) is 25.3 Å². The molecule has 0 saturated carbocycles. The van der Waals surface area contributed by atoms with Gasteiger partial charge in [-0.15, -0.1) is 11.3 Å². The van der Waals surface area contributed by atoms with Gasteiger partial charge >= 0.3 is 0 Å². The summed E-state index contributed by atoms with van der Waals surface area (Å²) >= 11 is 1.74. The Labute approximate surface area is 131 Å². The third-order valence-corrected chi connectivity index (χ3v) is 3.99. The fourth-order valence-corrected chi connectivity index (χ4v) is 2.81. The van der Waals surface area contributed by atoms with Gasteiger partial charge in [0, 0.05) is 30.5 Å². The largest absolute Gasteiger partial charge is 0.379 e. The van der Waals surface area contributed by atoms with E-state index >= 15 is 0 Å². The van der Waals surface area contributed by atoms with Crippen molar-refractivity contribution in [1.82, 2.24) is 10.3 Å². The van der Waals surface area contributed by atoms with Gasteiger partial charge in [-0.3, -0.25) is 0 Å². The highest BCUT2D eigenvalue weighted by Gasteiger charge is 2.03. The topological polar surface area (TPSA) is 34.1 Å². The van der Waals surface area contributed by atoms with Gasteiger partial charge in [0.15, 0.2) is 0 Å². The smallest absolute Gasteiger partial charge is 0.0945 e. The Bertz CT molecular complexity index is 511. The number of nitrogens with zero attached hydrogens (tertiary/aromatic N) is 1. The minimum atomic E-state index is 0.330. The molecule has 0 radical (unpaired) electrons. The molecule has 21 heavy (non-hydrogen) atoms. The highest BCUT2D eigenvalue weighted by atomic mass is 32.1. The second kappa shape index (κ2) is 8.93. The Hall–Kier alpha value is -1.23. The first-order valence-electron chi connectivity index (χ1n) is 7.58. The van der Waals surface area contributed by atoms with E-state index in [4.69, 9.17) is 9.72 Å². The van der Waals surface area contributed by atoms with Crippen LogP contribution >= 0.6 is 11.3 Å². The van der Waals surface area contributed by atoms with Crippen molar-refractivity contribution in [3.05, 3.63) is 40.7 Å². The van der Waals surface area contributed by atoms with Gasteiger partial charge in [-0.2, -0.15) is 0 Å². The maximum absolute atomic E-state index is 5.51. The molecule has 0 bridgehead atoms. The highest BCUT2D eigenvalue weighted by Crippen LogP contribution is 2.21. The number of hydrogen-bond acceptors (Lipinski definition) is 4. The van der Waals surface area contributed by atoms with Gasteiger partial charge in [-0.25, -0.2) is 4.98 Å². The van der Waals surface area contributed by atoms with Crippen LogP contribution in [0.5, 0.6) is 0 Å². The van der Waals surface area contributed by atoms with Crippen molar-refractivity contribution in [2.45, 2.75) is 32.8 Å². The molecule has 1 heterocycles. The Morgan fingerprint density at radius 2 is 2.00 bits per heavy atom. The zero-order valence-electron chi connectivity index (χ0n) is 12.8. The fraction of sp³-hybridized carbons (Fsp3) is 0.471. The van der Waals surface area contributed by atoms with E-state index in [0.29, 0.717) is 6.10 Å². The van der Waals surface area contributed by atoms with E-state index in [1.54, 1.807) is 11.3 Å². The molecule has 3 nitrogen and oxygen atoms in total. The Morgan fingerprint density at radius 3 is 2.76 bits per heavy atom. The average molecular weight is 304 g/mol. The van der Waals surface area contributed by atoms with Crippen LogP contribution in [0.25, 0.3) is 11.3 Å². The Balaban J connectivity index is 1.65. The minimum absolute atomic E-state index is 0.330. The van der Waals surface area contributed by atoms with Crippen LogP contribution in [-0.4, -0.2) is 30.8 Å². The summed E-state index contributed by atoms with van der Waals surface area (Å²) in [4.78, 5) is 4.69. The molecule has 114 valence electrons. The van der Waals surface area contributed by atoms with Crippen LogP contribution in [0.4, 0.5) is 0 Å². The molecule has 0 atom stereocenters. The van der Waals surface area contributed by atoms with E-state index in [0.717, 1.165) is 38.2 Å². The van der Waals surface area contributed by atoms with Crippen LogP contribution in [0.2, 0.25) is 0 Å². The van der Waals surface area contributed by atoms with Crippen molar-refractivity contribution >= 4 is 11.3 Å². The molecule has 0 aliphatic heterocycles. The van der Waals surface area contributed by atoms with Gasteiger partial charge < -0.3 is 10.1 Å². The van der Waals surface area contributed by atoms with Crippen molar-refractivity contribution in [2.75, 3.05) is 19.7 Å². The summed E-state index contributed by atoms with van der Waals surface area (Å²) in [5.74, 6) is 0. The number of ether oxygens (including phenoxy) is 1. The quantitative estimate of drug-likeness (QED) is 0.716. The molecule has 2 aromatic rings. The van der Waals surface area contributed by atoms with Crippen LogP contribution in [0, 0.1) is 0 Å². The lowest BCUT2D eigenvalue weighted by molar-refractivity contribution is 0.0771. The van der Waals surface area contributed by atoms with E-state index < -0.39 is 0 Å². The van der Waals surface area contributed by atoms with E-state index in [1.807, 2.05) is 6.07 Å². The first-order valence-corrected chi connectivity index (χ1v) is 8.46. The zero-order valence-corrected chi connectivity index (χ0v) is 13.7. The van der Waals surface area contributed by atoms with E-state index in [9.17, 15) is 0 Å². The molecule has 0 unspecified atom stereocenters. The van der Waals surface area contributed by atoms with Gasteiger partial charge in [0.1, 0.15) is 0 Å². The maximum Gasteiger partial charge on any atom is 0.0945 e. The van der Waals surface area contributed by atoms with Gasteiger partial charge in [0.2, 0.25) is 0 Å². The molecule has 0 aliphatic rings. The predicted molar refractivity (Wildman–Crippen MR) is 89.8 cm³/mol. The lowest BCUT2D eigenvalue weighted by Gasteiger charge is -2.07. The summed E-state index contributed by atoms with van der Waals surface area (Å²) in [6, 6.07) is 10.3. The lowest BCUT2D eigenvalue weighted by atomic mass is 10.2. The SMILES string of the molecule is CC(C)OCCCNCCc1nc(-c2ccccc2)cs1. The summed E-state index contributed by atoms with van der Waals surface area (Å²) in [6.45, 7) is 6.95. The lowest BCUT2D eigenvalue weighted by Crippen LogP contribution is -2.20. The third kappa shape index (κ3) is 5.96. The minimum Gasteiger partial charge on any atom is -0.379 e. The van der Waals surface area contributed by atoms with E-state index in [-0.39, 0.29) is 0 Å². The molecule has 0 amide bonds. The monoisotopic (exact) mass is 304 g/mol. The normalized spacial score (nSPS) is 11.2. The second-order valence-electron chi connectivity index (χ2n) is 5.27. The van der Waals surface area contributed by atoms with Gasteiger partial charge in [-0.1, -0.05) is 30.3 Å². The first kappa shape index (κ1) is 16.1. The van der Waals surface area contributed by atoms with Crippen molar-refractivity contribution in [3.63, 3.8) is 0 Å². The summed E-state index contributed by atoms with van der Waals surface area (Å²) < 4.78 is 5.51. The van der Waals surface area contributed by atoms with Crippen molar-refractivity contribution in [2.24, 2.45) is 0 Å². The van der Waals surface area contributed by atoms with Crippen molar-refractivity contribution in [1.29, 1.82) is 0 Å². The number of hydrogen-bond donors (Lipinski definition) is 1. The molecule has 0 spiro atoms. The molecular weight excluding hydrogens is 280 g/mol. The second-order valence-corrected chi connectivity index (χ2v) is 6.21. The molecule has 4 heteroatoms. The number of aromatic nitrogens is 1. The number of thiazole rings is 1. The molecule has 0 saturated heterocycles. The standard InChI is InChI=1S/C17H24N2OS/c1-14(2)20-12-6-10-18-11-9-17-19-16(13-21-17)15-7-4-3-5-8-15/h3-5,7-8,13-14,18H,6,9-12H2,1-2H3. The summed E-state index contributed by atoms with van der Waals surface area (Å²) in [5, 5.41) is 6.78. The van der Waals surface area contributed by atoms with Crippen LogP contribution in [0.3, 0.4) is 0 Å². The summed E-state index contributed by atoms with van der Waals surface area (Å²) in [6.07, 6.45) is 2.38. The zero-order chi connectivity index (χ0) is 14.9. The Morgan fingerprint density at radius 1 is 1.19 bits per heavy atom. The van der Waals surface area contributed by atoms with Crippen LogP contribution in [-0.2, 0) is 11.2 Å². The molecule has 0 aliphatic carbocycles. The Kier molecular flexibility index (Phi) is 6.86. The predicted octanol–water partition coefficient (Wildman–Crippen LogP) is 3.76. The molecule has 1 aromatic heterocycles. The highest BCUT2D eigenvalue weighted by molar-refractivity contribution is 7.09. The van der Waals surface area contributed by atoms with Gasteiger partial charge in [0.05, 0.1) is 16.8 Å². The average Bonchev–Trinajstić information content (AvgIpc) is 2.96. The molecular formula is C17H24N2OS. The fourth-order valence-electron chi connectivity index (χ4n) is 2.00. The van der Waals surface area contributed by atoms with Crippen molar-refractivity contribution in [3.8, 4) is 11.3 Å². The number of rotatable bonds is 9. The van der Waals surface area contributed by atoms with Gasteiger partial charge in [0.25, 0.3) is 0 Å². The van der Waals surface area contributed by atoms with E-state index in [2.05, 4.69) is 48.8 Å². The van der Waals surface area contributed by atoms with Crippen LogP contribution < -0.4 is 5.32 Å². The molecule has 1 N–H and O–H groups in total. The molecule has 0 fully saturated rings. The third-order valence-electron chi connectivity index (χ3n) is 3.09.